The molecule has 2 aromatic heterocycles. The van der Waals surface area contributed by atoms with E-state index in [1.807, 2.05) is 13.8 Å². The van der Waals surface area contributed by atoms with Crippen molar-refractivity contribution in [2.75, 3.05) is 6.26 Å². The molecular formula is C19H18BClN3O2S2. The number of amides is 1. The molecule has 0 aliphatic rings. The Labute approximate surface area is 174 Å². The first kappa shape index (κ1) is 20.7. The van der Waals surface area contributed by atoms with Gasteiger partial charge in [0.25, 0.3) is 0 Å². The second-order valence-electron chi connectivity index (χ2n) is 6.49. The van der Waals surface area contributed by atoms with Crippen LogP contribution in [0.5, 0.6) is 0 Å². The van der Waals surface area contributed by atoms with E-state index in [1.54, 1.807) is 36.5 Å². The van der Waals surface area contributed by atoms with E-state index >= 15 is 0 Å². The Morgan fingerprint density at radius 2 is 2.00 bits per heavy atom. The molecule has 1 unspecified atom stereocenters. The molecule has 28 heavy (non-hydrogen) atoms. The van der Waals surface area contributed by atoms with E-state index in [4.69, 9.17) is 18.3 Å². The third-order valence-electron chi connectivity index (χ3n) is 4.07. The van der Waals surface area contributed by atoms with Crippen LogP contribution < -0.4 is 5.32 Å². The average molecular weight is 431 g/mol. The fourth-order valence-corrected chi connectivity index (χ4v) is 4.21. The standard InChI is InChI=1S/C19H18BClN3O2S2/c1-11(18-10-22-12(2)27-18)24-19(25)14-6-13(7-16(8-14)28(3,20)26)17-5-4-15(21)9-23-17/h4-11H,1-3H3,(H,24,25)/t11-,28?/m1/s1. The molecule has 1 aromatic carbocycles. The van der Waals surface area contributed by atoms with Crippen LogP contribution >= 0.6 is 22.9 Å². The third kappa shape index (κ3) is 4.87. The van der Waals surface area contributed by atoms with Crippen molar-refractivity contribution in [3.63, 3.8) is 0 Å². The third-order valence-corrected chi connectivity index (χ3v) is 6.56. The number of aryl methyl sites for hydroxylation is 1. The van der Waals surface area contributed by atoms with Crippen molar-refractivity contribution in [3.8, 4) is 11.3 Å². The quantitative estimate of drug-likeness (QED) is 0.621. The van der Waals surface area contributed by atoms with E-state index < -0.39 is 9.36 Å². The number of thiazole rings is 1. The summed E-state index contributed by atoms with van der Waals surface area (Å²) in [5.41, 5.74) is 1.60. The molecule has 0 bridgehead atoms. The molecule has 9 heteroatoms. The topological polar surface area (TPSA) is 72.0 Å². The monoisotopic (exact) mass is 430 g/mol. The van der Waals surface area contributed by atoms with Crippen LogP contribution in [0.1, 0.15) is 33.2 Å². The number of hydrogen-bond acceptors (Lipinski definition) is 5. The zero-order valence-corrected chi connectivity index (χ0v) is 18.0. The number of carbonyl (C=O) groups is 1. The van der Waals surface area contributed by atoms with Gasteiger partial charge in [0, 0.05) is 0 Å². The fourth-order valence-electron chi connectivity index (χ4n) is 2.59. The summed E-state index contributed by atoms with van der Waals surface area (Å²) in [6.07, 6.45) is 4.71. The van der Waals surface area contributed by atoms with Crippen LogP contribution in [0.25, 0.3) is 11.3 Å². The van der Waals surface area contributed by atoms with E-state index in [0.717, 1.165) is 9.88 Å². The van der Waals surface area contributed by atoms with Crippen molar-refractivity contribution in [2.24, 2.45) is 0 Å². The molecule has 143 valence electrons. The van der Waals surface area contributed by atoms with Gasteiger partial charge in [-0.05, 0) is 0 Å². The van der Waals surface area contributed by atoms with Gasteiger partial charge < -0.3 is 0 Å². The Kier molecular flexibility index (Phi) is 6.02. The summed E-state index contributed by atoms with van der Waals surface area (Å²) < 4.78 is 12.4. The number of hydrogen-bond donors (Lipinski definition) is 1. The molecule has 1 amide bonds. The van der Waals surface area contributed by atoms with Crippen LogP contribution in [-0.2, 0) is 9.36 Å². The Hall–Kier alpha value is -2.03. The number of nitrogens with one attached hydrogen (secondary N) is 1. The maximum atomic E-state index is 12.9. The molecule has 1 N–H and O–H groups in total. The molecule has 3 aromatic rings. The molecule has 3 rings (SSSR count). The molecule has 0 saturated carbocycles. The molecule has 0 saturated heterocycles. The summed E-state index contributed by atoms with van der Waals surface area (Å²) in [5.74, 6) is -0.292. The van der Waals surface area contributed by atoms with Crippen molar-refractivity contribution in [3.05, 3.63) is 63.2 Å². The number of carbonyl (C=O) groups excluding carboxylic acids is 1. The number of nitrogens with zero attached hydrogens (tertiary/aromatic N) is 2. The summed E-state index contributed by atoms with van der Waals surface area (Å²) in [6.45, 7) is 9.64. The van der Waals surface area contributed by atoms with E-state index in [9.17, 15) is 9.00 Å². The van der Waals surface area contributed by atoms with Gasteiger partial charge in [0.05, 0.1) is 0 Å². The van der Waals surface area contributed by atoms with Gasteiger partial charge in [-0.2, -0.15) is 0 Å². The summed E-state index contributed by atoms with van der Waals surface area (Å²) in [7, 11) is -2.77. The number of pyridine rings is 1. The van der Waals surface area contributed by atoms with E-state index in [2.05, 4.69) is 15.3 Å². The zero-order valence-electron chi connectivity index (χ0n) is 15.6. The predicted molar refractivity (Wildman–Crippen MR) is 116 cm³/mol. The Morgan fingerprint density at radius 3 is 2.57 bits per heavy atom. The zero-order chi connectivity index (χ0) is 20.5. The average Bonchev–Trinajstić information content (AvgIpc) is 3.08. The number of halogens is 1. The SMILES string of the molecule is [B]=S(C)(=O)c1cc(C(=O)N[C@H](C)c2cnc(C)s2)cc(-c2ccc(Cl)cn2)c1. The first-order valence-electron chi connectivity index (χ1n) is 8.40. The maximum absolute atomic E-state index is 12.9. The van der Waals surface area contributed by atoms with Crippen LogP contribution in [-0.4, -0.2) is 33.1 Å². The van der Waals surface area contributed by atoms with Gasteiger partial charge in [0.2, 0.25) is 0 Å². The van der Waals surface area contributed by atoms with Crippen molar-refractivity contribution >= 4 is 44.9 Å². The molecule has 0 fully saturated rings. The number of rotatable bonds is 5. The van der Waals surface area contributed by atoms with Gasteiger partial charge in [-0.15, -0.1) is 0 Å². The molecule has 0 spiro atoms. The number of benzene rings is 1. The first-order chi connectivity index (χ1) is 13.1. The van der Waals surface area contributed by atoms with E-state index in [1.165, 1.54) is 23.8 Å². The molecule has 0 aliphatic carbocycles. The van der Waals surface area contributed by atoms with E-state index in [-0.39, 0.29) is 11.9 Å². The molecule has 5 nitrogen and oxygen atoms in total. The minimum atomic E-state index is -2.77. The van der Waals surface area contributed by atoms with Gasteiger partial charge in [-0.25, -0.2) is 0 Å². The second kappa shape index (κ2) is 8.15. The second-order valence-corrected chi connectivity index (χ2v) is 10.5. The molecule has 1 radical (unpaired) electrons. The van der Waals surface area contributed by atoms with Gasteiger partial charge >= 0.3 is 175 Å². The number of aromatic nitrogens is 2. The van der Waals surface area contributed by atoms with Gasteiger partial charge in [0.1, 0.15) is 0 Å². The van der Waals surface area contributed by atoms with Crippen LogP contribution in [0.3, 0.4) is 0 Å². The Balaban J connectivity index is 1.98. The van der Waals surface area contributed by atoms with Crippen molar-refractivity contribution in [1.82, 2.24) is 15.3 Å². The van der Waals surface area contributed by atoms with Crippen LogP contribution in [0.15, 0.2) is 47.6 Å². The fraction of sp³-hybridized carbons (Fsp3) is 0.211. The van der Waals surface area contributed by atoms with Crippen molar-refractivity contribution in [1.29, 1.82) is 0 Å². The van der Waals surface area contributed by atoms with Gasteiger partial charge in [-0.1, -0.05) is 0 Å². The minimum absolute atomic E-state index is 0.205. The molecule has 0 aliphatic heterocycles. The molecule has 2 heterocycles. The van der Waals surface area contributed by atoms with Crippen molar-refractivity contribution < 1.29 is 9.00 Å². The predicted octanol–water partition coefficient (Wildman–Crippen LogP) is 4.01. The van der Waals surface area contributed by atoms with Crippen molar-refractivity contribution in [2.45, 2.75) is 24.8 Å². The summed E-state index contributed by atoms with van der Waals surface area (Å²) >= 11 is 7.43. The van der Waals surface area contributed by atoms with Gasteiger partial charge in [0.15, 0.2) is 0 Å². The Morgan fingerprint density at radius 1 is 1.25 bits per heavy atom. The van der Waals surface area contributed by atoms with E-state index in [0.29, 0.717) is 26.7 Å². The van der Waals surface area contributed by atoms with Crippen LogP contribution in [0, 0.1) is 6.92 Å². The summed E-state index contributed by atoms with van der Waals surface area (Å²) in [6, 6.07) is 8.18. The summed E-state index contributed by atoms with van der Waals surface area (Å²) in [5, 5.41) is 4.39. The molecule has 2 atom stereocenters. The normalized spacial score (nSPS) is 14.2. The van der Waals surface area contributed by atoms with Crippen LogP contribution in [0.2, 0.25) is 5.02 Å². The van der Waals surface area contributed by atoms with Crippen LogP contribution in [0.4, 0.5) is 0 Å². The first-order valence-corrected chi connectivity index (χ1v) is 11.6. The Bertz CT molecular complexity index is 1130. The summed E-state index contributed by atoms with van der Waals surface area (Å²) in [4.78, 5) is 22.7. The van der Waals surface area contributed by atoms with Gasteiger partial charge in [-0.3, -0.25) is 0 Å². The molecular weight excluding hydrogens is 413 g/mol.